The number of hydrogen-bond donors (Lipinski definition) is 1. The van der Waals surface area contributed by atoms with Gasteiger partial charge in [-0.3, -0.25) is 0 Å². The Bertz CT molecular complexity index is 568. The van der Waals surface area contributed by atoms with Crippen molar-refractivity contribution in [2.45, 2.75) is 12.8 Å². The minimum atomic E-state index is -4.49. The Hall–Kier alpha value is -1.60. The number of benzene rings is 1. The van der Waals surface area contributed by atoms with E-state index >= 15 is 0 Å². The molecule has 1 aromatic carbocycles. The highest BCUT2D eigenvalue weighted by Crippen LogP contribution is 2.32. The fourth-order valence-corrected chi connectivity index (χ4v) is 1.60. The van der Waals surface area contributed by atoms with E-state index in [1.165, 1.54) is 12.3 Å². The highest BCUT2D eigenvalue weighted by atomic mass is 35.5. The van der Waals surface area contributed by atoms with Crippen molar-refractivity contribution in [3.05, 3.63) is 40.7 Å². The lowest BCUT2D eigenvalue weighted by atomic mass is 10.2. The van der Waals surface area contributed by atoms with Crippen LogP contribution in [-0.2, 0) is 12.8 Å². The molecule has 0 bridgehead atoms. The number of aliphatic hydroxyl groups is 1. The monoisotopic (exact) mass is 277 g/mol. The van der Waals surface area contributed by atoms with Gasteiger partial charge in [-0.2, -0.15) is 13.2 Å². The van der Waals surface area contributed by atoms with Crippen molar-refractivity contribution in [3.8, 4) is 5.69 Å². The summed E-state index contributed by atoms with van der Waals surface area (Å²) in [5.74, 6) is 0. The van der Waals surface area contributed by atoms with Crippen molar-refractivity contribution in [1.29, 1.82) is 0 Å². The van der Waals surface area contributed by atoms with Crippen LogP contribution in [0.1, 0.15) is 11.3 Å². The Morgan fingerprint density at radius 1 is 1.28 bits per heavy atom. The van der Waals surface area contributed by atoms with Crippen LogP contribution in [0.25, 0.3) is 5.69 Å². The summed E-state index contributed by atoms with van der Waals surface area (Å²) in [4.78, 5) is 0. The highest BCUT2D eigenvalue weighted by molar-refractivity contribution is 6.30. The molecule has 0 atom stereocenters. The quantitative estimate of drug-likeness (QED) is 0.917. The van der Waals surface area contributed by atoms with E-state index in [-0.39, 0.29) is 23.0 Å². The number of aliphatic hydroxyl groups excluding tert-OH is 1. The third-order valence-electron chi connectivity index (χ3n) is 2.18. The van der Waals surface area contributed by atoms with Crippen LogP contribution in [-0.4, -0.2) is 20.1 Å². The number of aromatic nitrogens is 3. The Morgan fingerprint density at radius 2 is 2.00 bits per heavy atom. The zero-order valence-electron chi connectivity index (χ0n) is 8.82. The van der Waals surface area contributed by atoms with Gasteiger partial charge in [0, 0.05) is 5.02 Å². The summed E-state index contributed by atoms with van der Waals surface area (Å²) in [5, 5.41) is 15.9. The van der Waals surface area contributed by atoms with Gasteiger partial charge in [-0.1, -0.05) is 16.8 Å². The van der Waals surface area contributed by atoms with Crippen LogP contribution in [0, 0.1) is 0 Å². The van der Waals surface area contributed by atoms with Gasteiger partial charge in [0.1, 0.15) is 5.69 Å². The first kappa shape index (κ1) is 12.8. The Morgan fingerprint density at radius 3 is 2.56 bits per heavy atom. The molecule has 96 valence electrons. The Kier molecular flexibility index (Phi) is 3.27. The van der Waals surface area contributed by atoms with E-state index < -0.39 is 11.7 Å². The first-order valence-electron chi connectivity index (χ1n) is 4.80. The van der Waals surface area contributed by atoms with Crippen LogP contribution in [0.4, 0.5) is 13.2 Å². The SMILES string of the molecule is OCc1cn(-c2cc(Cl)cc(C(F)(F)F)c2)nn1. The lowest BCUT2D eigenvalue weighted by Gasteiger charge is -2.09. The molecule has 1 aromatic heterocycles. The van der Waals surface area contributed by atoms with Crippen molar-refractivity contribution in [3.63, 3.8) is 0 Å². The molecule has 0 unspecified atom stereocenters. The summed E-state index contributed by atoms with van der Waals surface area (Å²) < 4.78 is 38.9. The number of hydrogen-bond acceptors (Lipinski definition) is 3. The highest BCUT2D eigenvalue weighted by Gasteiger charge is 2.31. The average molecular weight is 278 g/mol. The molecule has 18 heavy (non-hydrogen) atoms. The van der Waals surface area contributed by atoms with Crippen LogP contribution in [0.5, 0.6) is 0 Å². The molecule has 8 heteroatoms. The fourth-order valence-electron chi connectivity index (χ4n) is 1.37. The van der Waals surface area contributed by atoms with Gasteiger partial charge in [-0.15, -0.1) is 5.10 Å². The minimum Gasteiger partial charge on any atom is -0.390 e. The van der Waals surface area contributed by atoms with Crippen molar-refractivity contribution < 1.29 is 18.3 Å². The normalized spacial score (nSPS) is 11.8. The lowest BCUT2D eigenvalue weighted by molar-refractivity contribution is -0.137. The standard InChI is InChI=1S/C10H7ClF3N3O/c11-7-1-6(10(12,13)14)2-9(3-7)17-4-8(5-18)15-16-17/h1-4,18H,5H2. The van der Waals surface area contributed by atoms with Crippen LogP contribution in [0.2, 0.25) is 5.02 Å². The fraction of sp³-hybridized carbons (Fsp3) is 0.200. The molecule has 0 spiro atoms. The van der Waals surface area contributed by atoms with Gasteiger partial charge in [0.25, 0.3) is 0 Å². The van der Waals surface area contributed by atoms with Gasteiger partial charge in [-0.05, 0) is 18.2 Å². The smallest absolute Gasteiger partial charge is 0.390 e. The summed E-state index contributed by atoms with van der Waals surface area (Å²) in [6, 6.07) is 3.06. The van der Waals surface area contributed by atoms with Crippen LogP contribution in [0.3, 0.4) is 0 Å². The summed E-state index contributed by atoms with van der Waals surface area (Å²) in [5.41, 5.74) is -0.489. The van der Waals surface area contributed by atoms with Crippen molar-refractivity contribution >= 4 is 11.6 Å². The van der Waals surface area contributed by atoms with Crippen molar-refractivity contribution in [2.24, 2.45) is 0 Å². The molecule has 0 amide bonds. The molecule has 0 saturated heterocycles. The second kappa shape index (κ2) is 4.58. The zero-order chi connectivity index (χ0) is 13.3. The molecule has 0 aliphatic heterocycles. The minimum absolute atomic E-state index is 0.0547. The maximum absolute atomic E-state index is 12.6. The number of rotatable bonds is 2. The van der Waals surface area contributed by atoms with E-state index in [0.717, 1.165) is 16.8 Å². The van der Waals surface area contributed by atoms with E-state index in [1.807, 2.05) is 0 Å². The molecule has 0 saturated carbocycles. The van der Waals surface area contributed by atoms with Gasteiger partial charge in [0.05, 0.1) is 24.1 Å². The van der Waals surface area contributed by atoms with E-state index in [4.69, 9.17) is 16.7 Å². The molecular formula is C10H7ClF3N3O. The predicted molar refractivity (Wildman–Crippen MR) is 57.3 cm³/mol. The molecular weight excluding hydrogens is 271 g/mol. The Labute approximate surface area is 105 Å². The molecule has 0 radical (unpaired) electrons. The first-order chi connectivity index (χ1) is 8.40. The largest absolute Gasteiger partial charge is 0.416 e. The summed E-state index contributed by atoms with van der Waals surface area (Å²) in [6.45, 7) is -0.341. The zero-order valence-corrected chi connectivity index (χ0v) is 9.57. The maximum atomic E-state index is 12.6. The molecule has 4 nitrogen and oxygen atoms in total. The lowest BCUT2D eigenvalue weighted by Crippen LogP contribution is -2.06. The van der Waals surface area contributed by atoms with Crippen molar-refractivity contribution in [2.75, 3.05) is 0 Å². The third-order valence-corrected chi connectivity index (χ3v) is 2.40. The summed E-state index contributed by atoms with van der Waals surface area (Å²) in [6.07, 6.45) is -3.16. The second-order valence-electron chi connectivity index (χ2n) is 3.51. The van der Waals surface area contributed by atoms with Gasteiger partial charge in [0.15, 0.2) is 0 Å². The first-order valence-corrected chi connectivity index (χ1v) is 5.18. The van der Waals surface area contributed by atoms with Crippen LogP contribution in [0.15, 0.2) is 24.4 Å². The second-order valence-corrected chi connectivity index (χ2v) is 3.94. The maximum Gasteiger partial charge on any atom is 0.416 e. The van der Waals surface area contributed by atoms with Crippen LogP contribution >= 0.6 is 11.6 Å². The average Bonchev–Trinajstić information content (AvgIpc) is 2.75. The van der Waals surface area contributed by atoms with Crippen LogP contribution < -0.4 is 0 Å². The van der Waals surface area contributed by atoms with Gasteiger partial charge in [-0.25, -0.2) is 4.68 Å². The number of halogens is 4. The molecule has 1 N–H and O–H groups in total. The molecule has 2 rings (SSSR count). The molecule has 0 fully saturated rings. The van der Waals surface area contributed by atoms with E-state index in [0.29, 0.717) is 0 Å². The van der Waals surface area contributed by atoms with Gasteiger partial charge >= 0.3 is 6.18 Å². The number of alkyl halides is 3. The topological polar surface area (TPSA) is 50.9 Å². The van der Waals surface area contributed by atoms with E-state index in [9.17, 15) is 13.2 Å². The van der Waals surface area contributed by atoms with E-state index in [1.54, 1.807) is 0 Å². The molecule has 1 heterocycles. The number of nitrogens with zero attached hydrogens (tertiary/aromatic N) is 3. The molecule has 2 aromatic rings. The Balaban J connectivity index is 2.48. The molecule has 0 aliphatic carbocycles. The van der Waals surface area contributed by atoms with Gasteiger partial charge in [0.2, 0.25) is 0 Å². The third kappa shape index (κ3) is 2.62. The summed E-state index contributed by atoms with van der Waals surface area (Å²) in [7, 11) is 0. The predicted octanol–water partition coefficient (Wildman–Crippen LogP) is 2.43. The van der Waals surface area contributed by atoms with Gasteiger partial charge < -0.3 is 5.11 Å². The van der Waals surface area contributed by atoms with Crippen molar-refractivity contribution in [1.82, 2.24) is 15.0 Å². The summed E-state index contributed by atoms with van der Waals surface area (Å²) >= 11 is 5.64. The molecule has 0 aliphatic rings. The van der Waals surface area contributed by atoms with E-state index in [2.05, 4.69) is 10.3 Å².